The van der Waals surface area contributed by atoms with Crippen molar-refractivity contribution >= 4 is 38.7 Å². The van der Waals surface area contributed by atoms with E-state index in [0.717, 1.165) is 12.3 Å². The Morgan fingerprint density at radius 1 is 1.17 bits per heavy atom. The molecule has 0 atom stereocenters. The van der Waals surface area contributed by atoms with Gasteiger partial charge < -0.3 is 5.32 Å². The summed E-state index contributed by atoms with van der Waals surface area (Å²) in [5, 5.41) is 12.0. The molecule has 0 heterocycles. The molecule has 0 aliphatic carbocycles. The van der Waals surface area contributed by atoms with Crippen molar-refractivity contribution in [3.8, 4) is 6.07 Å². The summed E-state index contributed by atoms with van der Waals surface area (Å²) in [6.07, 6.45) is 1.02. The number of nitrogens with zero attached hydrogens (tertiary/aromatic N) is 1. The Morgan fingerprint density at radius 2 is 1.83 bits per heavy atom. The highest BCUT2D eigenvalue weighted by atomic mass is 35.5. The molecule has 0 aromatic heterocycles. The van der Waals surface area contributed by atoms with E-state index in [9.17, 15) is 12.8 Å². The second-order valence-electron chi connectivity index (χ2n) is 4.35. The monoisotopic (exact) mass is 370 g/mol. The molecule has 2 aromatic carbocycles. The van der Waals surface area contributed by atoms with Crippen LogP contribution in [0.4, 0.5) is 10.1 Å². The van der Waals surface area contributed by atoms with Gasteiger partial charge in [-0.2, -0.15) is 5.26 Å². The second-order valence-corrected chi connectivity index (χ2v) is 7.11. The van der Waals surface area contributed by atoms with Gasteiger partial charge in [0.25, 0.3) is 0 Å². The fraction of sp³-hybridized carbons (Fsp3) is 0. The van der Waals surface area contributed by atoms with Crippen LogP contribution in [-0.4, -0.2) is 8.42 Å². The molecule has 0 fully saturated rings. The van der Waals surface area contributed by atoms with E-state index in [2.05, 4.69) is 5.32 Å². The van der Waals surface area contributed by atoms with Crippen molar-refractivity contribution in [1.29, 1.82) is 5.26 Å². The lowest BCUT2D eigenvalue weighted by atomic mass is 10.3. The SMILES string of the molecule is N#C/C(=C\Nc1ccc(F)c(Cl)c1)S(=O)(=O)c1ccc(Cl)cc1. The number of halogens is 3. The third-order valence-electron chi connectivity index (χ3n) is 2.81. The molecule has 0 saturated carbocycles. The topological polar surface area (TPSA) is 70.0 Å². The average Bonchev–Trinajstić information content (AvgIpc) is 2.51. The molecule has 2 aromatic rings. The first kappa shape index (κ1) is 17.3. The summed E-state index contributed by atoms with van der Waals surface area (Å²) in [7, 11) is -3.98. The Kier molecular flexibility index (Phi) is 5.26. The minimum atomic E-state index is -3.98. The lowest BCUT2D eigenvalue weighted by Crippen LogP contribution is -2.05. The van der Waals surface area contributed by atoms with Crippen molar-refractivity contribution < 1.29 is 12.8 Å². The van der Waals surface area contributed by atoms with Crippen molar-refractivity contribution in [2.75, 3.05) is 5.32 Å². The zero-order valence-corrected chi connectivity index (χ0v) is 13.8. The smallest absolute Gasteiger partial charge is 0.218 e. The van der Waals surface area contributed by atoms with E-state index in [1.807, 2.05) is 0 Å². The Hall–Kier alpha value is -2.07. The lowest BCUT2D eigenvalue weighted by Gasteiger charge is -2.05. The quantitative estimate of drug-likeness (QED) is 0.810. The van der Waals surface area contributed by atoms with Gasteiger partial charge in [0.05, 0.1) is 9.92 Å². The van der Waals surface area contributed by atoms with Crippen LogP contribution in [0.25, 0.3) is 0 Å². The molecule has 0 aliphatic heterocycles. The summed E-state index contributed by atoms with van der Waals surface area (Å²) < 4.78 is 37.8. The Balaban J connectivity index is 2.32. The highest BCUT2D eigenvalue weighted by molar-refractivity contribution is 7.95. The highest BCUT2D eigenvalue weighted by Crippen LogP contribution is 2.23. The minimum Gasteiger partial charge on any atom is -0.360 e. The number of hydrogen-bond acceptors (Lipinski definition) is 4. The molecular formula is C15H9Cl2FN2O2S. The van der Waals surface area contributed by atoms with Crippen molar-refractivity contribution in [2.24, 2.45) is 0 Å². The summed E-state index contributed by atoms with van der Waals surface area (Å²) in [6, 6.07) is 10.8. The summed E-state index contributed by atoms with van der Waals surface area (Å²) in [5.74, 6) is -0.601. The number of allylic oxidation sites excluding steroid dienone is 1. The van der Waals surface area contributed by atoms with E-state index in [1.54, 1.807) is 6.07 Å². The van der Waals surface area contributed by atoms with E-state index in [1.165, 1.54) is 36.4 Å². The van der Waals surface area contributed by atoms with Gasteiger partial charge in [-0.3, -0.25) is 0 Å². The lowest BCUT2D eigenvalue weighted by molar-refractivity contribution is 0.603. The zero-order chi connectivity index (χ0) is 17.0. The van der Waals surface area contributed by atoms with Crippen LogP contribution in [0.2, 0.25) is 10.0 Å². The molecule has 23 heavy (non-hydrogen) atoms. The summed E-state index contributed by atoms with van der Waals surface area (Å²) in [4.78, 5) is -0.561. The van der Waals surface area contributed by atoms with Gasteiger partial charge in [0.1, 0.15) is 11.9 Å². The standard InChI is InChI=1S/C15H9Cl2FN2O2S/c16-10-1-4-12(5-2-10)23(21,22)13(8-19)9-20-11-3-6-15(18)14(17)7-11/h1-7,9,20H/b13-9+. The number of benzene rings is 2. The van der Waals surface area contributed by atoms with Gasteiger partial charge >= 0.3 is 0 Å². The molecule has 0 amide bonds. The maximum Gasteiger partial charge on any atom is 0.218 e. The first-order valence-corrected chi connectivity index (χ1v) is 8.41. The van der Waals surface area contributed by atoms with Gasteiger partial charge in [0, 0.05) is 16.9 Å². The van der Waals surface area contributed by atoms with Gasteiger partial charge in [-0.15, -0.1) is 0 Å². The number of nitriles is 1. The Labute approximate surface area is 142 Å². The van der Waals surface area contributed by atoms with E-state index in [4.69, 9.17) is 28.5 Å². The summed E-state index contributed by atoms with van der Waals surface area (Å²) in [5.41, 5.74) is 0.343. The van der Waals surface area contributed by atoms with E-state index < -0.39 is 20.6 Å². The van der Waals surface area contributed by atoms with Crippen molar-refractivity contribution in [3.63, 3.8) is 0 Å². The van der Waals surface area contributed by atoms with E-state index in [-0.39, 0.29) is 9.92 Å². The molecule has 0 aliphatic rings. The Morgan fingerprint density at radius 3 is 2.39 bits per heavy atom. The number of anilines is 1. The Bertz CT molecular complexity index is 904. The molecule has 0 saturated heterocycles. The van der Waals surface area contributed by atoms with Gasteiger partial charge in [-0.1, -0.05) is 23.2 Å². The van der Waals surface area contributed by atoms with Crippen molar-refractivity contribution in [3.05, 3.63) is 69.4 Å². The van der Waals surface area contributed by atoms with Crippen LogP contribution in [0, 0.1) is 17.1 Å². The van der Waals surface area contributed by atoms with Crippen LogP contribution in [0.5, 0.6) is 0 Å². The van der Waals surface area contributed by atoms with Crippen LogP contribution in [0.15, 0.2) is 58.5 Å². The molecule has 118 valence electrons. The van der Waals surface area contributed by atoms with Crippen LogP contribution in [0.3, 0.4) is 0 Å². The zero-order valence-electron chi connectivity index (χ0n) is 11.4. The van der Waals surface area contributed by atoms with Gasteiger partial charge in [-0.25, -0.2) is 12.8 Å². The van der Waals surface area contributed by atoms with Crippen LogP contribution in [0.1, 0.15) is 0 Å². The van der Waals surface area contributed by atoms with Crippen LogP contribution < -0.4 is 5.32 Å². The third-order valence-corrected chi connectivity index (χ3v) is 5.04. The highest BCUT2D eigenvalue weighted by Gasteiger charge is 2.20. The first-order chi connectivity index (χ1) is 10.8. The molecule has 0 spiro atoms. The first-order valence-electron chi connectivity index (χ1n) is 6.17. The summed E-state index contributed by atoms with van der Waals surface area (Å²) >= 11 is 11.3. The fourth-order valence-electron chi connectivity index (χ4n) is 1.65. The van der Waals surface area contributed by atoms with Crippen molar-refractivity contribution in [1.82, 2.24) is 0 Å². The van der Waals surface area contributed by atoms with Gasteiger partial charge in [-0.05, 0) is 42.5 Å². The van der Waals surface area contributed by atoms with Gasteiger partial charge in [0.2, 0.25) is 9.84 Å². The molecule has 4 nitrogen and oxygen atoms in total. The molecule has 2 rings (SSSR count). The van der Waals surface area contributed by atoms with Crippen LogP contribution in [-0.2, 0) is 9.84 Å². The molecule has 0 unspecified atom stereocenters. The molecular weight excluding hydrogens is 362 g/mol. The molecule has 0 bridgehead atoms. The molecule has 1 N–H and O–H groups in total. The number of nitrogens with one attached hydrogen (secondary N) is 1. The second kappa shape index (κ2) is 7.01. The van der Waals surface area contributed by atoms with Crippen LogP contribution >= 0.6 is 23.2 Å². The molecule has 8 heteroatoms. The average molecular weight is 371 g/mol. The minimum absolute atomic E-state index is 0.0614. The number of sulfone groups is 1. The van der Waals surface area contributed by atoms with E-state index in [0.29, 0.717) is 10.7 Å². The summed E-state index contributed by atoms with van der Waals surface area (Å²) in [6.45, 7) is 0. The maximum atomic E-state index is 13.1. The maximum absolute atomic E-state index is 13.1. The van der Waals surface area contributed by atoms with Crippen molar-refractivity contribution in [2.45, 2.75) is 4.90 Å². The predicted molar refractivity (Wildman–Crippen MR) is 87.4 cm³/mol. The largest absolute Gasteiger partial charge is 0.360 e. The van der Waals surface area contributed by atoms with E-state index >= 15 is 0 Å². The third kappa shape index (κ3) is 4.02. The number of rotatable bonds is 4. The van der Waals surface area contributed by atoms with Gasteiger partial charge in [0.15, 0.2) is 4.91 Å². The predicted octanol–water partition coefficient (Wildman–Crippen LogP) is 4.38. The number of hydrogen-bond donors (Lipinski definition) is 1. The fourth-order valence-corrected chi connectivity index (χ4v) is 3.03. The normalized spacial score (nSPS) is 11.8. The molecule has 0 radical (unpaired) electrons.